The highest BCUT2D eigenvalue weighted by molar-refractivity contribution is 5.93. The highest BCUT2D eigenvalue weighted by atomic mass is 16.5. The van der Waals surface area contributed by atoms with Gasteiger partial charge in [0.1, 0.15) is 17.2 Å². The first-order chi connectivity index (χ1) is 17.5. The molecule has 7 heteroatoms. The van der Waals surface area contributed by atoms with E-state index < -0.39 is 17.9 Å². The summed E-state index contributed by atoms with van der Waals surface area (Å²) in [6.45, 7) is 5.31. The molecule has 0 spiro atoms. The second-order valence-electron chi connectivity index (χ2n) is 8.28. The lowest BCUT2D eigenvalue weighted by Crippen LogP contribution is -2.09. The minimum atomic E-state index is -0.745. The van der Waals surface area contributed by atoms with Gasteiger partial charge >= 0.3 is 17.9 Å². The van der Waals surface area contributed by atoms with Crippen LogP contribution in [0.3, 0.4) is 0 Å². The van der Waals surface area contributed by atoms with Crippen molar-refractivity contribution in [3.05, 3.63) is 66.2 Å². The predicted molar refractivity (Wildman–Crippen MR) is 137 cm³/mol. The van der Waals surface area contributed by atoms with E-state index in [1.165, 1.54) is 37.1 Å². The van der Waals surface area contributed by atoms with Gasteiger partial charge in [0.25, 0.3) is 0 Å². The third-order valence-electron chi connectivity index (χ3n) is 5.20. The van der Waals surface area contributed by atoms with Crippen LogP contribution >= 0.6 is 0 Å². The molecule has 2 aromatic rings. The summed E-state index contributed by atoms with van der Waals surface area (Å²) in [5.41, 5.74) is 0.373. The van der Waals surface area contributed by atoms with Crippen molar-refractivity contribution in [1.82, 2.24) is 0 Å². The van der Waals surface area contributed by atoms with E-state index in [-0.39, 0.29) is 5.75 Å². The van der Waals surface area contributed by atoms with Crippen molar-refractivity contribution in [3.8, 4) is 17.2 Å². The SMILES string of the molecule is CCCCCCOC(=O)c1ccc(OC(=O)C=CC(=O)Oc2ccc(OCCCCCC)cc2)cc1. The van der Waals surface area contributed by atoms with Gasteiger partial charge in [-0.1, -0.05) is 52.4 Å². The molecule has 2 aromatic carbocycles. The van der Waals surface area contributed by atoms with Crippen LogP contribution in [0.25, 0.3) is 0 Å². The van der Waals surface area contributed by atoms with Gasteiger partial charge in [-0.05, 0) is 61.4 Å². The van der Waals surface area contributed by atoms with Crippen LogP contribution in [0.1, 0.15) is 75.6 Å². The lowest BCUT2D eigenvalue weighted by Gasteiger charge is -2.07. The number of rotatable bonds is 16. The smallest absolute Gasteiger partial charge is 0.338 e. The Balaban J connectivity index is 1.72. The summed E-state index contributed by atoms with van der Waals surface area (Å²) in [4.78, 5) is 36.0. The van der Waals surface area contributed by atoms with E-state index in [4.69, 9.17) is 18.9 Å². The number of ether oxygens (including phenoxy) is 4. The maximum atomic E-state index is 12.0. The zero-order valence-corrected chi connectivity index (χ0v) is 21.2. The number of hydrogen-bond acceptors (Lipinski definition) is 7. The maximum Gasteiger partial charge on any atom is 0.338 e. The summed E-state index contributed by atoms with van der Waals surface area (Å²) >= 11 is 0. The van der Waals surface area contributed by atoms with Crippen LogP contribution in [0.2, 0.25) is 0 Å². The number of unbranched alkanes of at least 4 members (excludes halogenated alkanes) is 6. The molecule has 0 aliphatic carbocycles. The standard InChI is InChI=1S/C29H36O7/c1-3-5-7-9-21-33-24-15-17-26(18-16-24)36-28(31)20-19-27(30)35-25-13-11-23(12-14-25)29(32)34-22-10-8-6-4-2/h11-20H,3-10,21-22H2,1-2H3. The van der Waals surface area contributed by atoms with E-state index in [1.54, 1.807) is 24.3 Å². The Hall–Kier alpha value is -3.61. The third-order valence-corrected chi connectivity index (χ3v) is 5.20. The van der Waals surface area contributed by atoms with Gasteiger partial charge in [-0.3, -0.25) is 0 Å². The first-order valence-corrected chi connectivity index (χ1v) is 12.6. The molecule has 0 atom stereocenters. The molecule has 0 saturated carbocycles. The van der Waals surface area contributed by atoms with E-state index in [0.29, 0.717) is 30.3 Å². The van der Waals surface area contributed by atoms with Crippen LogP contribution in [0.15, 0.2) is 60.7 Å². The maximum absolute atomic E-state index is 12.0. The Morgan fingerprint density at radius 3 is 1.61 bits per heavy atom. The second kappa shape index (κ2) is 16.9. The Morgan fingerprint density at radius 1 is 0.611 bits per heavy atom. The fourth-order valence-corrected chi connectivity index (χ4v) is 3.20. The Bertz CT molecular complexity index is 962. The van der Waals surface area contributed by atoms with Crippen molar-refractivity contribution in [1.29, 1.82) is 0 Å². The van der Waals surface area contributed by atoms with Gasteiger partial charge in [0, 0.05) is 12.2 Å². The molecule has 0 amide bonds. The number of benzene rings is 2. The summed E-state index contributed by atoms with van der Waals surface area (Å²) in [5.74, 6) is -0.593. The average molecular weight is 497 g/mol. The molecule has 0 saturated heterocycles. The zero-order valence-electron chi connectivity index (χ0n) is 21.2. The molecule has 0 fully saturated rings. The van der Waals surface area contributed by atoms with Crippen LogP contribution < -0.4 is 14.2 Å². The molecule has 7 nitrogen and oxygen atoms in total. The highest BCUT2D eigenvalue weighted by Gasteiger charge is 2.09. The molecule has 2 rings (SSSR count). The molecule has 0 radical (unpaired) electrons. The Kier molecular flexibility index (Phi) is 13.5. The summed E-state index contributed by atoms with van der Waals surface area (Å²) in [5, 5.41) is 0. The summed E-state index contributed by atoms with van der Waals surface area (Å²) in [7, 11) is 0. The minimum Gasteiger partial charge on any atom is -0.494 e. The van der Waals surface area contributed by atoms with Gasteiger partial charge in [0.2, 0.25) is 0 Å². The third kappa shape index (κ3) is 11.7. The van der Waals surface area contributed by atoms with E-state index in [1.807, 2.05) is 0 Å². The molecule has 0 unspecified atom stereocenters. The normalized spacial score (nSPS) is 10.7. The fraction of sp³-hybridized carbons (Fsp3) is 0.414. The van der Waals surface area contributed by atoms with Crippen LogP contribution in [0.5, 0.6) is 17.2 Å². The highest BCUT2D eigenvalue weighted by Crippen LogP contribution is 2.18. The van der Waals surface area contributed by atoms with E-state index in [9.17, 15) is 14.4 Å². The number of hydrogen-bond donors (Lipinski definition) is 0. The van der Waals surface area contributed by atoms with Gasteiger partial charge in [-0.15, -0.1) is 0 Å². The fourth-order valence-electron chi connectivity index (χ4n) is 3.20. The van der Waals surface area contributed by atoms with Gasteiger partial charge < -0.3 is 18.9 Å². The molecular formula is C29H36O7. The summed E-state index contributed by atoms with van der Waals surface area (Å²) < 4.78 is 21.2. The van der Waals surface area contributed by atoms with E-state index in [0.717, 1.165) is 50.7 Å². The number of esters is 3. The Morgan fingerprint density at radius 2 is 1.08 bits per heavy atom. The van der Waals surface area contributed by atoms with Crippen molar-refractivity contribution in [2.45, 2.75) is 65.2 Å². The number of carbonyl (C=O) groups excluding carboxylic acids is 3. The lowest BCUT2D eigenvalue weighted by atomic mass is 10.2. The molecule has 0 aliphatic heterocycles. The molecule has 0 aliphatic rings. The second-order valence-corrected chi connectivity index (χ2v) is 8.28. The van der Waals surface area contributed by atoms with Crippen LogP contribution in [0.4, 0.5) is 0 Å². The summed E-state index contributed by atoms with van der Waals surface area (Å²) in [6, 6.07) is 12.7. The Labute approximate surface area is 213 Å². The van der Waals surface area contributed by atoms with Crippen molar-refractivity contribution >= 4 is 17.9 Å². The predicted octanol–water partition coefficient (Wildman–Crippen LogP) is 6.45. The van der Waals surface area contributed by atoms with Crippen LogP contribution in [-0.4, -0.2) is 31.1 Å². The topological polar surface area (TPSA) is 88.1 Å². The number of carbonyl (C=O) groups is 3. The van der Waals surface area contributed by atoms with Crippen LogP contribution in [0, 0.1) is 0 Å². The molecule has 0 N–H and O–H groups in total. The van der Waals surface area contributed by atoms with Crippen molar-refractivity contribution in [3.63, 3.8) is 0 Å². The molecule has 0 aromatic heterocycles. The van der Waals surface area contributed by atoms with Crippen molar-refractivity contribution in [2.24, 2.45) is 0 Å². The van der Waals surface area contributed by atoms with Crippen LogP contribution in [-0.2, 0) is 14.3 Å². The van der Waals surface area contributed by atoms with E-state index >= 15 is 0 Å². The molecular weight excluding hydrogens is 460 g/mol. The first-order valence-electron chi connectivity index (χ1n) is 12.6. The minimum absolute atomic E-state index is 0.239. The van der Waals surface area contributed by atoms with Crippen molar-refractivity contribution < 1.29 is 33.3 Å². The van der Waals surface area contributed by atoms with Crippen molar-refractivity contribution in [2.75, 3.05) is 13.2 Å². The molecule has 0 bridgehead atoms. The zero-order chi connectivity index (χ0) is 26.0. The van der Waals surface area contributed by atoms with Gasteiger partial charge in [0.05, 0.1) is 18.8 Å². The quantitative estimate of drug-likeness (QED) is 0.114. The molecule has 194 valence electrons. The van der Waals surface area contributed by atoms with Gasteiger partial charge in [-0.25, -0.2) is 14.4 Å². The average Bonchev–Trinajstić information content (AvgIpc) is 2.88. The summed E-state index contributed by atoms with van der Waals surface area (Å²) in [6.07, 6.45) is 10.6. The first kappa shape index (κ1) is 28.6. The van der Waals surface area contributed by atoms with Gasteiger partial charge in [0.15, 0.2) is 0 Å². The monoisotopic (exact) mass is 496 g/mol. The molecule has 0 heterocycles. The largest absolute Gasteiger partial charge is 0.494 e. The van der Waals surface area contributed by atoms with Gasteiger partial charge in [-0.2, -0.15) is 0 Å². The van der Waals surface area contributed by atoms with E-state index in [2.05, 4.69) is 13.8 Å². The molecule has 36 heavy (non-hydrogen) atoms. The lowest BCUT2D eigenvalue weighted by molar-refractivity contribution is -0.131.